The summed E-state index contributed by atoms with van der Waals surface area (Å²) in [7, 11) is 1.67. The lowest BCUT2D eigenvalue weighted by atomic mass is 10.1. The SMILES string of the molecule is COCCN1C(=O)CSC1c1ccc(N2CCCC2)cc1. The maximum Gasteiger partial charge on any atom is 0.233 e. The molecule has 21 heavy (non-hydrogen) atoms. The van der Waals surface area contributed by atoms with Gasteiger partial charge in [-0.05, 0) is 30.5 Å². The lowest BCUT2D eigenvalue weighted by Crippen LogP contribution is -2.31. The second-order valence-electron chi connectivity index (χ2n) is 5.53. The number of amides is 1. The highest BCUT2D eigenvalue weighted by Gasteiger charge is 2.32. The zero-order chi connectivity index (χ0) is 14.7. The van der Waals surface area contributed by atoms with Crippen LogP contribution in [0.1, 0.15) is 23.8 Å². The molecular weight excluding hydrogens is 284 g/mol. The number of benzene rings is 1. The highest BCUT2D eigenvalue weighted by Crippen LogP contribution is 2.38. The number of methoxy groups -OCH3 is 1. The van der Waals surface area contributed by atoms with Crippen molar-refractivity contribution >= 4 is 23.4 Å². The van der Waals surface area contributed by atoms with Gasteiger partial charge in [0.2, 0.25) is 5.91 Å². The Hall–Kier alpha value is -1.20. The molecule has 1 atom stereocenters. The number of thioether (sulfide) groups is 1. The molecule has 2 aliphatic rings. The van der Waals surface area contributed by atoms with Crippen molar-refractivity contribution in [3.63, 3.8) is 0 Å². The molecule has 0 radical (unpaired) electrons. The number of hydrogen-bond donors (Lipinski definition) is 0. The van der Waals surface area contributed by atoms with E-state index >= 15 is 0 Å². The first kappa shape index (κ1) is 14.7. The molecule has 1 aromatic carbocycles. The van der Waals surface area contributed by atoms with Crippen LogP contribution in [-0.4, -0.2) is 49.9 Å². The molecule has 2 heterocycles. The Morgan fingerprint density at radius 3 is 2.62 bits per heavy atom. The van der Waals surface area contributed by atoms with Gasteiger partial charge in [-0.25, -0.2) is 0 Å². The highest BCUT2D eigenvalue weighted by molar-refractivity contribution is 8.00. The first-order valence-corrected chi connectivity index (χ1v) is 8.59. The Kier molecular flexibility index (Phi) is 4.70. The van der Waals surface area contributed by atoms with Gasteiger partial charge in [0.25, 0.3) is 0 Å². The van der Waals surface area contributed by atoms with Crippen molar-refractivity contribution in [2.45, 2.75) is 18.2 Å². The van der Waals surface area contributed by atoms with E-state index in [1.165, 1.54) is 24.1 Å². The second kappa shape index (κ2) is 6.71. The predicted octanol–water partition coefficient (Wildman–Crippen LogP) is 2.51. The summed E-state index contributed by atoms with van der Waals surface area (Å²) in [6, 6.07) is 8.73. The molecule has 2 saturated heterocycles. The van der Waals surface area contributed by atoms with Gasteiger partial charge < -0.3 is 14.5 Å². The normalized spacial score (nSPS) is 22.3. The molecule has 3 rings (SSSR count). The van der Waals surface area contributed by atoms with Gasteiger partial charge in [-0.2, -0.15) is 0 Å². The van der Waals surface area contributed by atoms with Crippen LogP contribution in [0.4, 0.5) is 5.69 Å². The molecule has 0 saturated carbocycles. The topological polar surface area (TPSA) is 32.8 Å². The van der Waals surface area contributed by atoms with Crippen molar-refractivity contribution < 1.29 is 9.53 Å². The minimum atomic E-state index is 0.139. The molecule has 114 valence electrons. The molecule has 5 heteroatoms. The summed E-state index contributed by atoms with van der Waals surface area (Å²) in [5.74, 6) is 0.785. The Bertz CT molecular complexity index is 486. The quantitative estimate of drug-likeness (QED) is 0.837. The van der Waals surface area contributed by atoms with Crippen molar-refractivity contribution in [2.24, 2.45) is 0 Å². The Labute approximate surface area is 130 Å². The standard InChI is InChI=1S/C16H22N2O2S/c1-20-11-10-18-15(19)12-21-16(18)13-4-6-14(7-5-13)17-8-2-3-9-17/h4-7,16H,2-3,8-12H2,1H3. The maximum atomic E-state index is 12.0. The van der Waals surface area contributed by atoms with Crippen molar-refractivity contribution in [2.75, 3.05) is 44.0 Å². The Morgan fingerprint density at radius 2 is 1.95 bits per heavy atom. The first-order chi connectivity index (χ1) is 10.3. The number of ether oxygens (including phenoxy) is 1. The third-order valence-electron chi connectivity index (χ3n) is 4.15. The minimum Gasteiger partial charge on any atom is -0.383 e. The molecule has 2 aliphatic heterocycles. The van der Waals surface area contributed by atoms with Crippen LogP contribution >= 0.6 is 11.8 Å². The zero-order valence-corrected chi connectivity index (χ0v) is 13.3. The van der Waals surface area contributed by atoms with E-state index in [1.807, 2.05) is 4.90 Å². The molecule has 4 nitrogen and oxygen atoms in total. The van der Waals surface area contributed by atoms with E-state index < -0.39 is 0 Å². The summed E-state index contributed by atoms with van der Waals surface area (Å²) in [4.78, 5) is 16.3. The summed E-state index contributed by atoms with van der Waals surface area (Å²) in [5, 5.41) is 0.139. The summed E-state index contributed by atoms with van der Waals surface area (Å²) < 4.78 is 5.11. The number of rotatable bonds is 5. The molecule has 0 N–H and O–H groups in total. The molecule has 1 unspecified atom stereocenters. The minimum absolute atomic E-state index is 0.139. The Balaban J connectivity index is 1.71. The van der Waals surface area contributed by atoms with E-state index in [0.717, 1.165) is 13.1 Å². The molecule has 2 fully saturated rings. The van der Waals surface area contributed by atoms with Crippen LogP contribution in [0.2, 0.25) is 0 Å². The largest absolute Gasteiger partial charge is 0.383 e. The van der Waals surface area contributed by atoms with Crippen molar-refractivity contribution in [3.05, 3.63) is 29.8 Å². The van der Waals surface area contributed by atoms with Gasteiger partial charge >= 0.3 is 0 Å². The van der Waals surface area contributed by atoms with Gasteiger partial charge in [-0.1, -0.05) is 12.1 Å². The number of nitrogens with zero attached hydrogens (tertiary/aromatic N) is 2. The maximum absolute atomic E-state index is 12.0. The van der Waals surface area contributed by atoms with E-state index in [-0.39, 0.29) is 11.3 Å². The molecule has 1 aromatic rings. The highest BCUT2D eigenvalue weighted by atomic mass is 32.2. The second-order valence-corrected chi connectivity index (χ2v) is 6.60. The van der Waals surface area contributed by atoms with Crippen LogP contribution in [0.15, 0.2) is 24.3 Å². The monoisotopic (exact) mass is 306 g/mol. The van der Waals surface area contributed by atoms with Crippen LogP contribution in [0, 0.1) is 0 Å². The Morgan fingerprint density at radius 1 is 1.24 bits per heavy atom. The van der Waals surface area contributed by atoms with Gasteiger partial charge in [0.15, 0.2) is 0 Å². The van der Waals surface area contributed by atoms with Crippen molar-refractivity contribution in [3.8, 4) is 0 Å². The van der Waals surface area contributed by atoms with E-state index in [9.17, 15) is 4.79 Å². The summed E-state index contributed by atoms with van der Waals surface area (Å²) in [5.41, 5.74) is 2.51. The van der Waals surface area contributed by atoms with Gasteiger partial charge in [0.1, 0.15) is 5.37 Å². The van der Waals surface area contributed by atoms with Gasteiger partial charge in [0, 0.05) is 32.4 Å². The van der Waals surface area contributed by atoms with Crippen LogP contribution in [-0.2, 0) is 9.53 Å². The first-order valence-electron chi connectivity index (χ1n) is 7.54. The van der Waals surface area contributed by atoms with E-state index in [0.29, 0.717) is 18.9 Å². The molecule has 0 aliphatic carbocycles. The molecule has 0 spiro atoms. The van der Waals surface area contributed by atoms with Crippen LogP contribution in [0.3, 0.4) is 0 Å². The smallest absolute Gasteiger partial charge is 0.233 e. The van der Waals surface area contributed by atoms with Gasteiger partial charge in [-0.3, -0.25) is 4.79 Å². The van der Waals surface area contributed by atoms with Crippen LogP contribution < -0.4 is 4.90 Å². The molecule has 0 aromatic heterocycles. The van der Waals surface area contributed by atoms with E-state index in [2.05, 4.69) is 29.2 Å². The molecule has 0 bridgehead atoms. The molecular formula is C16H22N2O2S. The fourth-order valence-electron chi connectivity index (χ4n) is 2.99. The predicted molar refractivity (Wildman–Crippen MR) is 86.7 cm³/mol. The lowest BCUT2D eigenvalue weighted by Gasteiger charge is -2.25. The van der Waals surface area contributed by atoms with Crippen molar-refractivity contribution in [1.82, 2.24) is 4.90 Å². The van der Waals surface area contributed by atoms with Crippen LogP contribution in [0.5, 0.6) is 0 Å². The summed E-state index contributed by atoms with van der Waals surface area (Å²) >= 11 is 1.71. The summed E-state index contributed by atoms with van der Waals surface area (Å²) in [6.07, 6.45) is 2.58. The third kappa shape index (κ3) is 3.19. The fourth-order valence-corrected chi connectivity index (χ4v) is 4.21. The lowest BCUT2D eigenvalue weighted by molar-refractivity contribution is -0.128. The van der Waals surface area contributed by atoms with Gasteiger partial charge in [0.05, 0.1) is 12.4 Å². The van der Waals surface area contributed by atoms with E-state index in [1.54, 1.807) is 18.9 Å². The number of carbonyl (C=O) groups is 1. The van der Waals surface area contributed by atoms with Crippen molar-refractivity contribution in [1.29, 1.82) is 0 Å². The van der Waals surface area contributed by atoms with Gasteiger partial charge in [-0.15, -0.1) is 11.8 Å². The third-order valence-corrected chi connectivity index (χ3v) is 5.41. The zero-order valence-electron chi connectivity index (χ0n) is 12.5. The number of carbonyl (C=O) groups excluding carboxylic acids is 1. The molecule has 1 amide bonds. The summed E-state index contributed by atoms with van der Waals surface area (Å²) in [6.45, 7) is 3.58. The van der Waals surface area contributed by atoms with Crippen LogP contribution in [0.25, 0.3) is 0 Å². The number of hydrogen-bond acceptors (Lipinski definition) is 4. The average molecular weight is 306 g/mol. The number of anilines is 1. The fraction of sp³-hybridized carbons (Fsp3) is 0.562. The average Bonchev–Trinajstić information content (AvgIpc) is 3.15. The van der Waals surface area contributed by atoms with E-state index in [4.69, 9.17) is 4.74 Å².